The van der Waals surface area contributed by atoms with E-state index in [4.69, 9.17) is 4.43 Å². The lowest BCUT2D eigenvalue weighted by Gasteiger charge is -2.37. The number of halogens is 1. The highest BCUT2D eigenvalue weighted by atomic mass is 28.4. The number of carbonyl (C=O) groups is 2. The minimum absolute atomic E-state index is 0.0281. The first-order valence-electron chi connectivity index (χ1n) is 13.5. The number of hydrogen-bond acceptors (Lipinski definition) is 5. The van der Waals surface area contributed by atoms with E-state index >= 15 is 0 Å². The Morgan fingerprint density at radius 3 is 2.50 bits per heavy atom. The predicted octanol–water partition coefficient (Wildman–Crippen LogP) is 3.57. The van der Waals surface area contributed by atoms with E-state index in [1.165, 1.54) is 27.7 Å². The van der Waals surface area contributed by atoms with Gasteiger partial charge in [0.05, 0.1) is 23.0 Å². The van der Waals surface area contributed by atoms with Crippen molar-refractivity contribution in [3.63, 3.8) is 0 Å². The van der Waals surface area contributed by atoms with Crippen LogP contribution in [0.2, 0.25) is 18.1 Å². The fourth-order valence-electron chi connectivity index (χ4n) is 4.50. The molecule has 9 nitrogen and oxygen atoms in total. The highest BCUT2D eigenvalue weighted by Crippen LogP contribution is 2.36. The summed E-state index contributed by atoms with van der Waals surface area (Å²) in [5.41, 5.74) is -0.306. The van der Waals surface area contributed by atoms with Crippen molar-refractivity contribution < 1.29 is 18.4 Å². The summed E-state index contributed by atoms with van der Waals surface area (Å²) in [5, 5.41) is 0.467. The van der Waals surface area contributed by atoms with Gasteiger partial charge in [0.25, 0.3) is 11.5 Å². The number of fused-ring (bicyclic) bond motifs is 1. The van der Waals surface area contributed by atoms with Crippen LogP contribution < -0.4 is 11.2 Å². The van der Waals surface area contributed by atoms with Gasteiger partial charge in [0.2, 0.25) is 5.91 Å². The third-order valence-electron chi connectivity index (χ3n) is 7.95. The van der Waals surface area contributed by atoms with Gasteiger partial charge in [-0.05, 0) is 54.4 Å². The van der Waals surface area contributed by atoms with Crippen molar-refractivity contribution in [3.8, 4) is 0 Å². The topological polar surface area (TPSA) is 105 Å². The standard InChI is InChI=1S/C29H37FN4O5Si/c1-29(2,3)40(4,5)39-16-8-13-32-14-15-33(19-25(32)35)27(37)22-17-20(11-12-23(22)30)18-34-24-10-7-6-9-21(24)26(36)31-28(34)38/h6-7,9-12,17H,8,13-16,18-19H2,1-5H3,(H,31,36,38). The van der Waals surface area contributed by atoms with E-state index in [1.54, 1.807) is 29.2 Å². The molecule has 1 aliphatic rings. The van der Waals surface area contributed by atoms with Crippen molar-refractivity contribution in [2.45, 2.75) is 51.9 Å². The Morgan fingerprint density at radius 1 is 1.07 bits per heavy atom. The summed E-state index contributed by atoms with van der Waals surface area (Å²) in [7, 11) is -1.85. The number of aromatic amines is 1. The number of nitrogens with zero attached hydrogens (tertiary/aromatic N) is 3. The lowest BCUT2D eigenvalue weighted by Crippen LogP contribution is -2.52. The molecule has 0 spiro atoms. The van der Waals surface area contributed by atoms with Crippen LogP contribution in [0, 0.1) is 5.82 Å². The molecule has 1 N–H and O–H groups in total. The molecule has 1 saturated heterocycles. The van der Waals surface area contributed by atoms with Crippen LogP contribution in [0.3, 0.4) is 0 Å². The van der Waals surface area contributed by atoms with E-state index in [9.17, 15) is 23.6 Å². The van der Waals surface area contributed by atoms with Crippen LogP contribution in [-0.2, 0) is 15.8 Å². The highest BCUT2D eigenvalue weighted by Gasteiger charge is 2.37. The number of piperazine rings is 1. The first-order valence-corrected chi connectivity index (χ1v) is 16.4. The summed E-state index contributed by atoms with van der Waals surface area (Å²) in [6.07, 6.45) is 0.710. The molecule has 11 heteroatoms. The molecule has 4 rings (SSSR count). The van der Waals surface area contributed by atoms with Crippen molar-refractivity contribution in [2.24, 2.45) is 0 Å². The lowest BCUT2D eigenvalue weighted by atomic mass is 10.1. The smallest absolute Gasteiger partial charge is 0.329 e. The molecule has 1 fully saturated rings. The quantitative estimate of drug-likeness (QED) is 0.331. The summed E-state index contributed by atoms with van der Waals surface area (Å²) in [5.74, 6) is -1.47. The number of rotatable bonds is 8. The zero-order valence-corrected chi connectivity index (χ0v) is 24.8. The summed E-state index contributed by atoms with van der Waals surface area (Å²) < 4.78 is 22.4. The molecular weight excluding hydrogens is 531 g/mol. The molecule has 40 heavy (non-hydrogen) atoms. The van der Waals surface area contributed by atoms with Gasteiger partial charge in [-0.3, -0.25) is 23.9 Å². The fraction of sp³-hybridized carbons (Fsp3) is 0.448. The monoisotopic (exact) mass is 568 g/mol. The molecule has 1 aliphatic heterocycles. The first-order chi connectivity index (χ1) is 18.8. The maximum atomic E-state index is 14.8. The number of nitrogens with one attached hydrogen (secondary N) is 1. The van der Waals surface area contributed by atoms with Gasteiger partial charge >= 0.3 is 5.69 Å². The average molecular weight is 569 g/mol. The Labute approximate surface area is 233 Å². The van der Waals surface area contributed by atoms with Crippen LogP contribution in [0.4, 0.5) is 4.39 Å². The van der Waals surface area contributed by atoms with Crippen LogP contribution in [-0.4, -0.2) is 72.3 Å². The number of amides is 2. The summed E-state index contributed by atoms with van der Waals surface area (Å²) in [6, 6.07) is 10.8. The minimum atomic E-state index is -1.85. The molecule has 0 saturated carbocycles. The van der Waals surface area contributed by atoms with Crippen LogP contribution in [0.5, 0.6) is 0 Å². The molecule has 2 amide bonds. The van der Waals surface area contributed by atoms with Crippen molar-refractivity contribution in [1.29, 1.82) is 0 Å². The van der Waals surface area contributed by atoms with Gasteiger partial charge in [0.1, 0.15) is 12.4 Å². The van der Waals surface area contributed by atoms with Crippen molar-refractivity contribution in [1.82, 2.24) is 19.4 Å². The number of H-pyrrole nitrogens is 1. The molecule has 1 aromatic heterocycles. The van der Waals surface area contributed by atoms with Gasteiger partial charge in [-0.15, -0.1) is 0 Å². The third kappa shape index (κ3) is 6.25. The zero-order chi connectivity index (χ0) is 29.2. The van der Waals surface area contributed by atoms with Gasteiger partial charge in [-0.1, -0.05) is 39.0 Å². The van der Waals surface area contributed by atoms with E-state index in [0.717, 1.165) is 0 Å². The molecule has 2 heterocycles. The molecule has 0 unspecified atom stereocenters. The first kappa shape index (κ1) is 29.4. The molecule has 0 bridgehead atoms. The summed E-state index contributed by atoms with van der Waals surface area (Å²) >= 11 is 0. The third-order valence-corrected chi connectivity index (χ3v) is 12.5. The van der Waals surface area contributed by atoms with Crippen molar-refractivity contribution >= 4 is 31.0 Å². The van der Waals surface area contributed by atoms with Crippen molar-refractivity contribution in [2.75, 3.05) is 32.8 Å². The van der Waals surface area contributed by atoms with Crippen LogP contribution in [0.15, 0.2) is 52.1 Å². The lowest BCUT2D eigenvalue weighted by molar-refractivity contribution is -0.135. The van der Waals surface area contributed by atoms with E-state index in [-0.39, 0.29) is 29.6 Å². The second-order valence-electron chi connectivity index (χ2n) is 11.7. The molecular formula is C29H37FN4O5Si. The second-order valence-corrected chi connectivity index (χ2v) is 16.6. The Morgan fingerprint density at radius 2 is 1.80 bits per heavy atom. The number of para-hydroxylation sites is 1. The van der Waals surface area contributed by atoms with Crippen molar-refractivity contribution in [3.05, 3.63) is 80.2 Å². The van der Waals surface area contributed by atoms with Crippen LogP contribution in [0.1, 0.15) is 43.1 Å². The van der Waals surface area contributed by atoms with Gasteiger partial charge < -0.3 is 14.2 Å². The average Bonchev–Trinajstić information content (AvgIpc) is 2.89. The van der Waals surface area contributed by atoms with Gasteiger partial charge in [0, 0.05) is 26.2 Å². The fourth-order valence-corrected chi connectivity index (χ4v) is 5.59. The van der Waals surface area contributed by atoms with E-state index in [0.29, 0.717) is 49.1 Å². The Kier molecular flexibility index (Phi) is 8.45. The van der Waals surface area contributed by atoms with E-state index in [2.05, 4.69) is 38.8 Å². The Hall–Kier alpha value is -3.57. The van der Waals surface area contributed by atoms with Gasteiger partial charge in [-0.25, -0.2) is 9.18 Å². The zero-order valence-electron chi connectivity index (χ0n) is 23.8. The molecule has 0 aliphatic carbocycles. The van der Waals surface area contributed by atoms with E-state index in [1.807, 2.05) is 0 Å². The predicted molar refractivity (Wildman–Crippen MR) is 155 cm³/mol. The SMILES string of the molecule is CC(C)(C)[Si](C)(C)OCCCN1CCN(C(=O)c2cc(Cn3c(=O)[nH]c(=O)c4ccccc43)ccc2F)CC1=O. The minimum Gasteiger partial charge on any atom is -0.417 e. The highest BCUT2D eigenvalue weighted by molar-refractivity contribution is 6.74. The van der Waals surface area contributed by atoms with Crippen LogP contribution in [0.25, 0.3) is 10.9 Å². The second kappa shape index (κ2) is 11.5. The molecule has 3 aromatic rings. The molecule has 0 radical (unpaired) electrons. The molecule has 2 aromatic carbocycles. The largest absolute Gasteiger partial charge is 0.417 e. The summed E-state index contributed by atoms with van der Waals surface area (Å²) in [6.45, 7) is 12.6. The number of benzene rings is 2. The Balaban J connectivity index is 1.41. The summed E-state index contributed by atoms with van der Waals surface area (Å²) in [4.78, 5) is 56.2. The number of aromatic nitrogens is 2. The maximum absolute atomic E-state index is 14.8. The van der Waals surface area contributed by atoms with E-state index < -0.39 is 31.3 Å². The molecule has 214 valence electrons. The Bertz CT molecular complexity index is 1540. The van der Waals surface area contributed by atoms with Gasteiger partial charge in [0.15, 0.2) is 8.32 Å². The maximum Gasteiger partial charge on any atom is 0.329 e. The normalized spacial score (nSPS) is 14.7. The number of carbonyl (C=O) groups excluding carboxylic acids is 2. The molecule has 0 atom stereocenters. The van der Waals surface area contributed by atoms with Gasteiger partial charge in [-0.2, -0.15) is 0 Å². The number of hydrogen-bond donors (Lipinski definition) is 1. The van der Waals surface area contributed by atoms with Crippen LogP contribution >= 0.6 is 0 Å².